The van der Waals surface area contributed by atoms with Crippen LogP contribution in [0.1, 0.15) is 46.5 Å². The van der Waals surface area contributed by atoms with E-state index in [2.05, 4.69) is 81.4 Å². The van der Waals surface area contributed by atoms with Crippen LogP contribution in [0.2, 0.25) is 0 Å². The highest BCUT2D eigenvalue weighted by molar-refractivity contribution is 6.87. The Morgan fingerprint density at radius 2 is 1.28 bits per heavy atom. The Morgan fingerprint density at radius 1 is 0.800 bits per heavy atom. The molecule has 1 atom stereocenters. The lowest BCUT2D eigenvalue weighted by atomic mass is 9.85. The molecule has 0 aromatic heterocycles. The normalized spacial score (nSPS) is 14.5. The Bertz CT molecular complexity index is 584. The third kappa shape index (κ3) is 4.81. The van der Waals surface area contributed by atoms with Gasteiger partial charge in [-0.3, -0.25) is 0 Å². The molecule has 0 fully saturated rings. The van der Waals surface area contributed by atoms with Crippen LogP contribution in [0.5, 0.6) is 0 Å². The minimum atomic E-state index is -1.83. The van der Waals surface area contributed by atoms with E-state index in [1.807, 2.05) is 0 Å². The van der Waals surface area contributed by atoms with Crippen LogP contribution in [0, 0.1) is 5.41 Å². The van der Waals surface area contributed by atoms with Crippen LogP contribution in [0.3, 0.4) is 0 Å². The molecule has 2 aromatic rings. The van der Waals surface area contributed by atoms with Gasteiger partial charge in [-0.25, -0.2) is 0 Å². The van der Waals surface area contributed by atoms with E-state index in [0.717, 1.165) is 32.2 Å². The largest absolute Gasteiger partial charge is 0.392 e. The van der Waals surface area contributed by atoms with Crippen molar-refractivity contribution < 1.29 is 5.11 Å². The van der Waals surface area contributed by atoms with E-state index < -0.39 is 14.0 Å². The zero-order valence-electron chi connectivity index (χ0n) is 15.9. The maximum atomic E-state index is 12.0. The van der Waals surface area contributed by atoms with Crippen molar-refractivity contribution in [2.24, 2.45) is 11.1 Å². The summed E-state index contributed by atoms with van der Waals surface area (Å²) in [5.74, 6) is 0. The first-order chi connectivity index (χ1) is 11.9. The maximum Gasteiger partial charge on any atom is 0.138 e. The van der Waals surface area contributed by atoms with Crippen molar-refractivity contribution in [1.82, 2.24) is 0 Å². The molecule has 0 saturated heterocycles. The molecule has 1 unspecified atom stereocenters. The molecule has 3 heteroatoms. The summed E-state index contributed by atoms with van der Waals surface area (Å²) in [6.07, 6.45) is 3.97. The average Bonchev–Trinajstić information content (AvgIpc) is 2.60. The monoisotopic (exact) mass is 355 g/mol. The zero-order valence-corrected chi connectivity index (χ0v) is 17.1. The van der Waals surface area contributed by atoms with Crippen molar-refractivity contribution >= 4 is 19.2 Å². The van der Waals surface area contributed by atoms with E-state index in [-0.39, 0.29) is 5.41 Å². The molecule has 136 valence electrons. The summed E-state index contributed by atoms with van der Waals surface area (Å²) < 4.78 is 0. The molecule has 2 nitrogen and oxygen atoms in total. The van der Waals surface area contributed by atoms with Crippen molar-refractivity contribution in [1.29, 1.82) is 0 Å². The Morgan fingerprint density at radius 3 is 1.68 bits per heavy atom. The first-order valence-corrected chi connectivity index (χ1v) is 11.2. The van der Waals surface area contributed by atoms with Gasteiger partial charge >= 0.3 is 0 Å². The fourth-order valence-electron chi connectivity index (χ4n) is 3.70. The molecule has 0 amide bonds. The SMILES string of the molecule is CC(C)(C)C(O)(CCCCCN)[SiH](c1ccccc1)c1ccccc1. The van der Waals surface area contributed by atoms with E-state index in [0.29, 0.717) is 0 Å². The molecule has 25 heavy (non-hydrogen) atoms. The molecule has 0 aliphatic rings. The van der Waals surface area contributed by atoms with Crippen LogP contribution >= 0.6 is 0 Å². The van der Waals surface area contributed by atoms with Gasteiger partial charge < -0.3 is 10.8 Å². The summed E-state index contributed by atoms with van der Waals surface area (Å²) in [5.41, 5.74) is 5.47. The first-order valence-electron chi connectivity index (χ1n) is 9.42. The summed E-state index contributed by atoms with van der Waals surface area (Å²) >= 11 is 0. The van der Waals surface area contributed by atoms with Crippen molar-refractivity contribution in [2.75, 3.05) is 6.54 Å². The molecule has 3 N–H and O–H groups in total. The second-order valence-corrected chi connectivity index (χ2v) is 11.2. The third-order valence-electron chi connectivity index (χ3n) is 5.30. The number of nitrogens with two attached hydrogens (primary N) is 1. The highest BCUT2D eigenvalue weighted by Gasteiger charge is 2.48. The summed E-state index contributed by atoms with van der Waals surface area (Å²) in [6, 6.07) is 21.3. The molecular formula is C22H33NOSi. The Hall–Kier alpha value is -1.42. The van der Waals surface area contributed by atoms with Gasteiger partial charge in [-0.1, -0.05) is 105 Å². The van der Waals surface area contributed by atoms with Gasteiger partial charge in [0.25, 0.3) is 0 Å². The van der Waals surface area contributed by atoms with E-state index in [4.69, 9.17) is 5.73 Å². The molecule has 2 rings (SSSR count). The second kappa shape index (κ2) is 8.79. The number of rotatable bonds is 8. The molecule has 0 bridgehead atoms. The number of hydrogen-bond donors (Lipinski definition) is 2. The van der Waals surface area contributed by atoms with Crippen molar-refractivity contribution in [3.8, 4) is 0 Å². The molecule has 0 radical (unpaired) electrons. The van der Waals surface area contributed by atoms with Crippen LogP contribution in [-0.2, 0) is 0 Å². The molecule has 0 heterocycles. The standard InChI is InChI=1S/C22H33NOSi/c1-21(2,3)22(24,17-11-6-12-18-23)25(19-13-7-4-8-14-19)20-15-9-5-10-16-20/h4-5,7-10,13-16,24-25H,6,11-12,17-18,23H2,1-3H3. The van der Waals surface area contributed by atoms with Crippen LogP contribution < -0.4 is 16.1 Å². The van der Waals surface area contributed by atoms with E-state index in [9.17, 15) is 5.11 Å². The Kier molecular flexibility index (Phi) is 7.00. The molecule has 0 aliphatic carbocycles. The van der Waals surface area contributed by atoms with Gasteiger partial charge in [-0.15, -0.1) is 0 Å². The lowest BCUT2D eigenvalue weighted by molar-refractivity contribution is 0.00517. The fraction of sp³-hybridized carbons (Fsp3) is 0.455. The smallest absolute Gasteiger partial charge is 0.138 e. The van der Waals surface area contributed by atoms with Crippen LogP contribution in [0.15, 0.2) is 60.7 Å². The predicted molar refractivity (Wildman–Crippen MR) is 111 cm³/mol. The highest BCUT2D eigenvalue weighted by atomic mass is 28.3. The minimum absolute atomic E-state index is 0.182. The van der Waals surface area contributed by atoms with Crippen LogP contribution in [-0.4, -0.2) is 25.7 Å². The van der Waals surface area contributed by atoms with Gasteiger partial charge in [0.2, 0.25) is 0 Å². The quantitative estimate of drug-likeness (QED) is 0.565. The molecule has 0 saturated carbocycles. The minimum Gasteiger partial charge on any atom is -0.392 e. The zero-order chi connectivity index (χ0) is 18.3. The Labute approximate surface area is 154 Å². The van der Waals surface area contributed by atoms with Gasteiger partial charge in [0.15, 0.2) is 0 Å². The number of unbranched alkanes of at least 4 members (excludes halogenated alkanes) is 2. The maximum absolute atomic E-state index is 12.0. The summed E-state index contributed by atoms with van der Waals surface area (Å²) in [4.78, 5) is 0. The number of benzene rings is 2. The van der Waals surface area contributed by atoms with Gasteiger partial charge in [0, 0.05) is 0 Å². The lowest BCUT2D eigenvalue weighted by Crippen LogP contribution is -2.66. The van der Waals surface area contributed by atoms with Gasteiger partial charge in [-0.05, 0) is 24.8 Å². The van der Waals surface area contributed by atoms with E-state index >= 15 is 0 Å². The summed E-state index contributed by atoms with van der Waals surface area (Å²) in [7, 11) is -1.83. The van der Waals surface area contributed by atoms with Gasteiger partial charge in [-0.2, -0.15) is 0 Å². The highest BCUT2D eigenvalue weighted by Crippen LogP contribution is 2.37. The fourth-order valence-corrected chi connectivity index (χ4v) is 7.76. The van der Waals surface area contributed by atoms with Crippen molar-refractivity contribution in [2.45, 2.75) is 51.7 Å². The average molecular weight is 356 g/mol. The lowest BCUT2D eigenvalue weighted by Gasteiger charge is -2.46. The van der Waals surface area contributed by atoms with Crippen LogP contribution in [0.25, 0.3) is 0 Å². The summed E-state index contributed by atoms with van der Waals surface area (Å²) in [6.45, 7) is 7.28. The van der Waals surface area contributed by atoms with Gasteiger partial charge in [0.05, 0.1) is 5.22 Å². The number of hydrogen-bond acceptors (Lipinski definition) is 2. The molecule has 0 aliphatic heterocycles. The van der Waals surface area contributed by atoms with Gasteiger partial charge in [0.1, 0.15) is 8.80 Å². The summed E-state index contributed by atoms with van der Waals surface area (Å²) in [5, 5.41) is 14.0. The first kappa shape index (κ1) is 19.9. The van der Waals surface area contributed by atoms with Crippen LogP contribution in [0.4, 0.5) is 0 Å². The topological polar surface area (TPSA) is 46.2 Å². The van der Waals surface area contributed by atoms with E-state index in [1.165, 1.54) is 10.4 Å². The van der Waals surface area contributed by atoms with Crippen molar-refractivity contribution in [3.05, 3.63) is 60.7 Å². The third-order valence-corrected chi connectivity index (χ3v) is 9.52. The second-order valence-electron chi connectivity index (χ2n) is 8.03. The molecule has 2 aromatic carbocycles. The van der Waals surface area contributed by atoms with E-state index in [1.54, 1.807) is 0 Å². The molecular weight excluding hydrogens is 322 g/mol. The molecule has 0 spiro atoms. The predicted octanol–water partition coefficient (Wildman–Crippen LogP) is 2.86. The Balaban J connectivity index is 2.46. The van der Waals surface area contributed by atoms with Crippen molar-refractivity contribution in [3.63, 3.8) is 0 Å². The number of aliphatic hydroxyl groups is 1.